The van der Waals surface area contributed by atoms with Gasteiger partial charge in [0.2, 0.25) is 0 Å². The molecule has 2 rings (SSSR count). The van der Waals surface area contributed by atoms with Crippen LogP contribution in [0.4, 0.5) is 13.2 Å². The Bertz CT molecular complexity index is 714. The molecule has 0 fully saturated rings. The Balaban J connectivity index is 2.29. The van der Waals surface area contributed by atoms with Crippen LogP contribution in [0.2, 0.25) is 0 Å². The molecule has 2 aromatic rings. The maximum atomic E-state index is 13.4. The molecule has 0 saturated carbocycles. The number of rotatable bonds is 6. The third kappa shape index (κ3) is 5.44. The summed E-state index contributed by atoms with van der Waals surface area (Å²) < 4.78 is 45.8. The van der Waals surface area contributed by atoms with Gasteiger partial charge in [-0.3, -0.25) is 9.97 Å². The minimum atomic E-state index is -4.50. The number of halogens is 3. The fraction of sp³-hybridized carbons (Fsp3) is 0.474. The Kier molecular flexibility index (Phi) is 6.03. The molecule has 1 atom stereocenters. The van der Waals surface area contributed by atoms with Crippen molar-refractivity contribution in [1.82, 2.24) is 9.97 Å². The summed E-state index contributed by atoms with van der Waals surface area (Å²) in [5.74, 6) is 0.414. The molecule has 0 aliphatic carbocycles. The van der Waals surface area contributed by atoms with Crippen molar-refractivity contribution >= 4 is 0 Å². The summed E-state index contributed by atoms with van der Waals surface area (Å²) in [5, 5.41) is 0. The number of alkyl halides is 3. The van der Waals surface area contributed by atoms with Gasteiger partial charge in [0.25, 0.3) is 0 Å². The molecule has 0 unspecified atom stereocenters. The van der Waals surface area contributed by atoms with Crippen molar-refractivity contribution in [2.24, 2.45) is 11.8 Å². The van der Waals surface area contributed by atoms with E-state index in [1.54, 1.807) is 25.3 Å². The second-order valence-corrected chi connectivity index (χ2v) is 6.80. The van der Waals surface area contributed by atoms with E-state index in [1.807, 2.05) is 6.92 Å². The van der Waals surface area contributed by atoms with Gasteiger partial charge < -0.3 is 4.74 Å². The Morgan fingerprint density at radius 3 is 2.44 bits per heavy atom. The van der Waals surface area contributed by atoms with Crippen LogP contribution < -0.4 is 4.74 Å². The molecule has 0 spiro atoms. The predicted molar refractivity (Wildman–Crippen MR) is 91.3 cm³/mol. The first-order valence-electron chi connectivity index (χ1n) is 8.30. The van der Waals surface area contributed by atoms with Crippen LogP contribution in [0.1, 0.15) is 38.4 Å². The van der Waals surface area contributed by atoms with Crippen LogP contribution in [0.3, 0.4) is 0 Å². The minimum absolute atomic E-state index is 0.170. The normalized spacial score (nSPS) is 13.1. The molecule has 136 valence electrons. The summed E-state index contributed by atoms with van der Waals surface area (Å²) in [5.41, 5.74) is 0.762. The zero-order chi connectivity index (χ0) is 18.6. The van der Waals surface area contributed by atoms with E-state index in [9.17, 15) is 13.2 Å². The SMILES string of the molecule is Cc1cc(-c2cc(C(F)(F)F)c(OC[C@@H](C)CC(C)C)cn2)ccn1. The molecule has 0 saturated heterocycles. The lowest BCUT2D eigenvalue weighted by Crippen LogP contribution is -2.15. The third-order valence-electron chi connectivity index (χ3n) is 3.76. The highest BCUT2D eigenvalue weighted by Crippen LogP contribution is 2.38. The van der Waals surface area contributed by atoms with E-state index in [1.165, 1.54) is 0 Å². The molecular formula is C19H23F3N2O. The lowest BCUT2D eigenvalue weighted by Gasteiger charge is -2.18. The summed E-state index contributed by atoms with van der Waals surface area (Å²) in [4.78, 5) is 8.20. The fourth-order valence-corrected chi connectivity index (χ4v) is 2.75. The van der Waals surface area contributed by atoms with Gasteiger partial charge in [-0.1, -0.05) is 20.8 Å². The van der Waals surface area contributed by atoms with Crippen molar-refractivity contribution in [3.05, 3.63) is 41.9 Å². The van der Waals surface area contributed by atoms with Crippen LogP contribution in [-0.2, 0) is 6.18 Å². The van der Waals surface area contributed by atoms with Crippen molar-refractivity contribution in [2.75, 3.05) is 6.61 Å². The molecule has 2 aromatic heterocycles. The first-order valence-corrected chi connectivity index (χ1v) is 8.30. The molecule has 3 nitrogen and oxygen atoms in total. The molecule has 0 aliphatic rings. The summed E-state index contributed by atoms with van der Waals surface area (Å²) in [6.45, 7) is 8.13. The topological polar surface area (TPSA) is 35.0 Å². The zero-order valence-electron chi connectivity index (χ0n) is 14.9. The maximum Gasteiger partial charge on any atom is 0.420 e. The van der Waals surface area contributed by atoms with Gasteiger partial charge in [0.05, 0.1) is 18.5 Å². The van der Waals surface area contributed by atoms with Crippen LogP contribution in [0, 0.1) is 18.8 Å². The lowest BCUT2D eigenvalue weighted by molar-refractivity contribution is -0.139. The smallest absolute Gasteiger partial charge is 0.420 e. The van der Waals surface area contributed by atoms with E-state index in [4.69, 9.17) is 4.74 Å². The monoisotopic (exact) mass is 352 g/mol. The van der Waals surface area contributed by atoms with Crippen LogP contribution in [0.15, 0.2) is 30.6 Å². The number of pyridine rings is 2. The summed E-state index contributed by atoms with van der Waals surface area (Å²) in [7, 11) is 0. The first kappa shape index (κ1) is 19.2. The molecule has 0 aliphatic heterocycles. The van der Waals surface area contributed by atoms with Crippen LogP contribution >= 0.6 is 0 Å². The second kappa shape index (κ2) is 7.85. The Morgan fingerprint density at radius 2 is 1.84 bits per heavy atom. The maximum absolute atomic E-state index is 13.4. The van der Waals surface area contributed by atoms with E-state index in [0.29, 0.717) is 11.5 Å². The molecule has 0 N–H and O–H groups in total. The Morgan fingerprint density at radius 1 is 1.12 bits per heavy atom. The van der Waals surface area contributed by atoms with E-state index in [2.05, 4.69) is 23.8 Å². The van der Waals surface area contributed by atoms with Gasteiger partial charge in [-0.2, -0.15) is 13.2 Å². The van der Waals surface area contributed by atoms with Gasteiger partial charge in [0, 0.05) is 17.5 Å². The van der Waals surface area contributed by atoms with E-state index in [0.717, 1.165) is 24.4 Å². The second-order valence-electron chi connectivity index (χ2n) is 6.80. The van der Waals surface area contributed by atoms with Crippen molar-refractivity contribution in [3.63, 3.8) is 0 Å². The van der Waals surface area contributed by atoms with E-state index < -0.39 is 11.7 Å². The quantitative estimate of drug-likeness (QED) is 0.685. The summed E-state index contributed by atoms with van der Waals surface area (Å²) in [6, 6.07) is 4.38. The van der Waals surface area contributed by atoms with Crippen molar-refractivity contribution in [3.8, 4) is 17.0 Å². The highest BCUT2D eigenvalue weighted by Gasteiger charge is 2.35. The minimum Gasteiger partial charge on any atom is -0.491 e. The van der Waals surface area contributed by atoms with Crippen LogP contribution in [0.25, 0.3) is 11.3 Å². The average molecular weight is 352 g/mol. The first-order chi connectivity index (χ1) is 11.7. The molecule has 0 radical (unpaired) electrons. The van der Waals surface area contributed by atoms with Crippen molar-refractivity contribution in [2.45, 2.75) is 40.3 Å². The van der Waals surface area contributed by atoms with E-state index in [-0.39, 0.29) is 24.0 Å². The molecule has 25 heavy (non-hydrogen) atoms. The molecular weight excluding hydrogens is 329 g/mol. The van der Waals surface area contributed by atoms with Gasteiger partial charge in [-0.25, -0.2) is 0 Å². The van der Waals surface area contributed by atoms with Gasteiger partial charge >= 0.3 is 6.18 Å². The number of hydrogen-bond acceptors (Lipinski definition) is 3. The third-order valence-corrected chi connectivity index (χ3v) is 3.76. The Labute approximate surface area is 146 Å². The molecule has 0 aromatic carbocycles. The standard InChI is InChI=1S/C19H23F3N2O/c1-12(2)7-13(3)11-25-18-10-24-17(9-16(18)19(20,21)22)15-5-6-23-14(4)8-15/h5-6,8-10,12-13H,7,11H2,1-4H3/t13-/m0/s1. The van der Waals surface area contributed by atoms with Crippen molar-refractivity contribution < 1.29 is 17.9 Å². The van der Waals surface area contributed by atoms with Crippen LogP contribution in [0.5, 0.6) is 5.75 Å². The van der Waals surface area contributed by atoms with Gasteiger partial charge in [0.1, 0.15) is 11.3 Å². The average Bonchev–Trinajstić information content (AvgIpc) is 2.51. The van der Waals surface area contributed by atoms with Crippen LogP contribution in [-0.4, -0.2) is 16.6 Å². The number of ether oxygens (including phenoxy) is 1. The zero-order valence-corrected chi connectivity index (χ0v) is 14.9. The van der Waals surface area contributed by atoms with Gasteiger partial charge in [0.15, 0.2) is 0 Å². The van der Waals surface area contributed by atoms with E-state index >= 15 is 0 Å². The molecule has 2 heterocycles. The molecule has 0 bridgehead atoms. The highest BCUT2D eigenvalue weighted by molar-refractivity contribution is 5.61. The van der Waals surface area contributed by atoms with Gasteiger partial charge in [-0.05, 0) is 43.4 Å². The Hall–Kier alpha value is -2.11. The molecule has 0 amide bonds. The number of aromatic nitrogens is 2. The lowest BCUT2D eigenvalue weighted by atomic mass is 10.00. The number of hydrogen-bond donors (Lipinski definition) is 0. The number of nitrogens with zero attached hydrogens (tertiary/aromatic N) is 2. The number of aryl methyl sites for hydroxylation is 1. The predicted octanol–water partition coefficient (Wildman–Crippen LogP) is 5.53. The van der Waals surface area contributed by atoms with Gasteiger partial charge in [-0.15, -0.1) is 0 Å². The largest absolute Gasteiger partial charge is 0.491 e. The molecule has 6 heteroatoms. The summed E-state index contributed by atoms with van der Waals surface area (Å²) >= 11 is 0. The highest BCUT2D eigenvalue weighted by atomic mass is 19.4. The summed E-state index contributed by atoms with van der Waals surface area (Å²) in [6.07, 6.45) is -0.896. The van der Waals surface area contributed by atoms with Crippen molar-refractivity contribution in [1.29, 1.82) is 0 Å². The fourth-order valence-electron chi connectivity index (χ4n) is 2.75.